The molecule has 3 aromatic carbocycles. The van der Waals surface area contributed by atoms with Crippen molar-refractivity contribution in [1.29, 1.82) is 0 Å². The largest absolute Gasteiger partial charge is 0.297 e. The van der Waals surface area contributed by atoms with Crippen LogP contribution in [0.15, 0.2) is 89.6 Å². The Hall–Kier alpha value is -4.26. The van der Waals surface area contributed by atoms with Gasteiger partial charge in [-0.15, -0.1) is 0 Å². The first-order valence-electron chi connectivity index (χ1n) is 9.29. The van der Waals surface area contributed by atoms with Gasteiger partial charge in [-0.25, -0.2) is 4.99 Å². The van der Waals surface area contributed by atoms with Crippen LogP contribution < -0.4 is 5.43 Å². The maximum absolute atomic E-state index is 13.1. The minimum Gasteiger partial charge on any atom is -0.290 e. The molecule has 0 fully saturated rings. The maximum atomic E-state index is 13.1. The highest BCUT2D eigenvalue weighted by molar-refractivity contribution is 6.20. The van der Waals surface area contributed by atoms with Crippen LogP contribution in [0, 0.1) is 17.0 Å². The van der Waals surface area contributed by atoms with Crippen molar-refractivity contribution in [2.75, 3.05) is 5.43 Å². The third kappa shape index (κ3) is 3.95. The monoisotopic (exact) mass is 398 g/mol. The van der Waals surface area contributed by atoms with Gasteiger partial charge in [0.15, 0.2) is 5.84 Å². The molecule has 0 radical (unpaired) electrons. The fraction of sp³-hybridized carbons (Fsp3) is 0.0435. The molecule has 0 spiro atoms. The molecule has 4 rings (SSSR count). The van der Waals surface area contributed by atoms with Crippen molar-refractivity contribution in [2.45, 2.75) is 6.92 Å². The molecule has 7 nitrogen and oxygen atoms in total. The molecular weight excluding hydrogens is 380 g/mol. The van der Waals surface area contributed by atoms with Crippen LogP contribution >= 0.6 is 0 Å². The number of non-ortho nitro benzene ring substituents is 1. The average Bonchev–Trinajstić information content (AvgIpc) is 3.05. The zero-order valence-electron chi connectivity index (χ0n) is 16.1. The lowest BCUT2D eigenvalue weighted by Crippen LogP contribution is -2.37. The van der Waals surface area contributed by atoms with Gasteiger partial charge in [0.05, 0.1) is 10.6 Å². The first-order valence-corrected chi connectivity index (χ1v) is 9.29. The van der Waals surface area contributed by atoms with Gasteiger partial charge in [-0.05, 0) is 30.7 Å². The summed E-state index contributed by atoms with van der Waals surface area (Å²) >= 11 is 0. The lowest BCUT2D eigenvalue weighted by Gasteiger charge is -2.20. The third-order valence-electron chi connectivity index (χ3n) is 4.57. The van der Waals surface area contributed by atoms with E-state index < -0.39 is 4.92 Å². The van der Waals surface area contributed by atoms with Gasteiger partial charge in [-0.2, -0.15) is 5.01 Å². The molecule has 30 heavy (non-hydrogen) atoms. The lowest BCUT2D eigenvalue weighted by atomic mass is 10.1. The van der Waals surface area contributed by atoms with Crippen LogP contribution in [0.5, 0.6) is 0 Å². The highest BCUT2D eigenvalue weighted by Gasteiger charge is 2.31. The minimum absolute atomic E-state index is 0.0446. The number of carbonyl (C=O) groups excluding carboxylic acids is 1. The van der Waals surface area contributed by atoms with Crippen molar-refractivity contribution in [3.05, 3.63) is 111 Å². The summed E-state index contributed by atoms with van der Waals surface area (Å²) in [4.78, 5) is 28.2. The second-order valence-corrected chi connectivity index (χ2v) is 6.80. The normalized spacial score (nSPS) is 14.7. The van der Waals surface area contributed by atoms with Gasteiger partial charge >= 0.3 is 0 Å². The van der Waals surface area contributed by atoms with Gasteiger partial charge in [0.25, 0.3) is 11.6 Å². The summed E-state index contributed by atoms with van der Waals surface area (Å²) < 4.78 is 0. The number of amidine groups is 1. The number of aryl methyl sites for hydroxylation is 1. The fourth-order valence-electron chi connectivity index (χ4n) is 3.04. The Labute approximate surface area is 173 Å². The molecule has 0 saturated carbocycles. The number of para-hydroxylation sites is 1. The number of carbonyl (C=O) groups is 1. The van der Waals surface area contributed by atoms with Crippen LogP contribution in [0.3, 0.4) is 0 Å². The molecule has 3 aromatic rings. The van der Waals surface area contributed by atoms with Gasteiger partial charge < -0.3 is 0 Å². The second kappa shape index (κ2) is 8.00. The standard InChI is InChI=1S/C23H18N4O3/c1-16-10-12-18(13-11-16)22-24-21(15-17-6-5-9-20(14-17)27(29)30)23(28)26(22)25-19-7-3-2-4-8-19/h2-15,25H,1H3/b21-15-. The number of rotatable bonds is 5. The zero-order chi connectivity index (χ0) is 21.1. The first kappa shape index (κ1) is 19.1. The number of nitro groups is 1. The van der Waals surface area contributed by atoms with E-state index in [9.17, 15) is 14.9 Å². The Kier molecular flexibility index (Phi) is 5.09. The van der Waals surface area contributed by atoms with Crippen molar-refractivity contribution in [3.8, 4) is 0 Å². The van der Waals surface area contributed by atoms with E-state index in [-0.39, 0.29) is 17.3 Å². The van der Waals surface area contributed by atoms with E-state index in [1.807, 2.05) is 61.5 Å². The molecule has 0 aliphatic carbocycles. The SMILES string of the molecule is Cc1ccc(C2=N/C(=C\c3cccc([N+](=O)[O-])c3)C(=O)N2Nc2ccccc2)cc1. The third-order valence-corrected chi connectivity index (χ3v) is 4.57. The van der Waals surface area contributed by atoms with Crippen LogP contribution in [0.25, 0.3) is 6.08 Å². The number of hydrazine groups is 1. The summed E-state index contributed by atoms with van der Waals surface area (Å²) in [6.45, 7) is 1.99. The number of benzene rings is 3. The highest BCUT2D eigenvalue weighted by Crippen LogP contribution is 2.24. The number of nitro benzene ring substituents is 1. The number of anilines is 1. The van der Waals surface area contributed by atoms with E-state index in [1.54, 1.807) is 18.2 Å². The highest BCUT2D eigenvalue weighted by atomic mass is 16.6. The zero-order valence-corrected chi connectivity index (χ0v) is 16.1. The number of amides is 1. The Morgan fingerprint density at radius 2 is 1.73 bits per heavy atom. The van der Waals surface area contributed by atoms with Crippen molar-refractivity contribution in [3.63, 3.8) is 0 Å². The molecule has 0 aromatic heterocycles. The summed E-state index contributed by atoms with van der Waals surface area (Å²) in [7, 11) is 0. The molecule has 148 valence electrons. The predicted octanol–water partition coefficient (Wildman–Crippen LogP) is 4.56. The van der Waals surface area contributed by atoms with Crippen molar-refractivity contribution < 1.29 is 9.72 Å². The molecule has 0 atom stereocenters. The van der Waals surface area contributed by atoms with Gasteiger partial charge in [0, 0.05) is 17.7 Å². The molecule has 7 heteroatoms. The quantitative estimate of drug-likeness (QED) is 0.388. The number of hydrogen-bond acceptors (Lipinski definition) is 5. The van der Waals surface area contributed by atoms with E-state index in [0.717, 1.165) is 16.8 Å². The van der Waals surface area contributed by atoms with Gasteiger partial charge in [-0.1, -0.05) is 60.2 Å². The topological polar surface area (TPSA) is 87.8 Å². The van der Waals surface area contributed by atoms with Gasteiger partial charge in [-0.3, -0.25) is 20.3 Å². The van der Waals surface area contributed by atoms with Crippen molar-refractivity contribution in [2.24, 2.45) is 4.99 Å². The first-order chi connectivity index (χ1) is 14.5. The fourth-order valence-corrected chi connectivity index (χ4v) is 3.04. The molecule has 1 aliphatic heterocycles. The summed E-state index contributed by atoms with van der Waals surface area (Å²) in [5.41, 5.74) is 6.39. The van der Waals surface area contributed by atoms with E-state index in [2.05, 4.69) is 10.4 Å². The Morgan fingerprint density at radius 3 is 2.43 bits per heavy atom. The predicted molar refractivity (Wildman–Crippen MR) is 116 cm³/mol. The van der Waals surface area contributed by atoms with E-state index in [1.165, 1.54) is 17.1 Å². The number of aliphatic imine (C=N–C) groups is 1. The molecule has 1 N–H and O–H groups in total. The number of nitrogens with one attached hydrogen (secondary N) is 1. The smallest absolute Gasteiger partial charge is 0.290 e. The van der Waals surface area contributed by atoms with Gasteiger partial charge in [0.1, 0.15) is 5.70 Å². The molecule has 0 saturated heterocycles. The molecule has 1 heterocycles. The summed E-state index contributed by atoms with van der Waals surface area (Å²) in [6.07, 6.45) is 1.55. The Morgan fingerprint density at radius 1 is 1.00 bits per heavy atom. The molecular formula is C23H18N4O3. The van der Waals surface area contributed by atoms with Gasteiger partial charge in [0.2, 0.25) is 0 Å². The van der Waals surface area contributed by atoms with E-state index in [4.69, 9.17) is 0 Å². The summed E-state index contributed by atoms with van der Waals surface area (Å²) in [6, 6.07) is 23.1. The Balaban J connectivity index is 1.74. The summed E-state index contributed by atoms with van der Waals surface area (Å²) in [5, 5.41) is 12.4. The maximum Gasteiger partial charge on any atom is 0.297 e. The van der Waals surface area contributed by atoms with E-state index >= 15 is 0 Å². The van der Waals surface area contributed by atoms with Crippen LogP contribution in [0.1, 0.15) is 16.7 Å². The van der Waals surface area contributed by atoms with Crippen molar-refractivity contribution >= 4 is 29.2 Å². The van der Waals surface area contributed by atoms with Crippen LogP contribution in [0.4, 0.5) is 11.4 Å². The van der Waals surface area contributed by atoms with E-state index in [0.29, 0.717) is 11.4 Å². The van der Waals surface area contributed by atoms with Crippen molar-refractivity contribution in [1.82, 2.24) is 5.01 Å². The molecule has 1 amide bonds. The van der Waals surface area contributed by atoms with Crippen LogP contribution in [-0.4, -0.2) is 21.7 Å². The lowest BCUT2D eigenvalue weighted by molar-refractivity contribution is -0.384. The van der Waals surface area contributed by atoms with Crippen LogP contribution in [0.2, 0.25) is 0 Å². The second-order valence-electron chi connectivity index (χ2n) is 6.80. The Bertz CT molecular complexity index is 1170. The van der Waals surface area contributed by atoms with Crippen LogP contribution in [-0.2, 0) is 4.79 Å². The number of hydrogen-bond donors (Lipinski definition) is 1. The molecule has 0 bridgehead atoms. The number of nitrogens with zero attached hydrogens (tertiary/aromatic N) is 3. The molecule has 0 unspecified atom stereocenters. The minimum atomic E-state index is -0.470. The molecule has 1 aliphatic rings. The average molecular weight is 398 g/mol. The summed E-state index contributed by atoms with van der Waals surface area (Å²) in [5.74, 6) is 0.112.